The number of rotatable bonds is 3. The number of hydrogen-bond acceptors (Lipinski definition) is 2. The van der Waals surface area contributed by atoms with Gasteiger partial charge in [0.05, 0.1) is 0 Å². The van der Waals surface area contributed by atoms with E-state index in [1.807, 2.05) is 19.1 Å². The molecular formula is C14H21FN2. The van der Waals surface area contributed by atoms with Crippen molar-refractivity contribution in [2.75, 3.05) is 13.1 Å². The molecule has 94 valence electrons. The van der Waals surface area contributed by atoms with Gasteiger partial charge in [-0.05, 0) is 44.0 Å². The Morgan fingerprint density at radius 2 is 2.41 bits per heavy atom. The monoisotopic (exact) mass is 236 g/mol. The number of alkyl halides is 1. The van der Waals surface area contributed by atoms with E-state index in [-0.39, 0.29) is 5.92 Å². The minimum atomic E-state index is -1.05. The number of aromatic nitrogens is 1. The number of aryl methyl sites for hydroxylation is 1. The van der Waals surface area contributed by atoms with E-state index in [4.69, 9.17) is 0 Å². The van der Waals surface area contributed by atoms with Gasteiger partial charge in [-0.2, -0.15) is 0 Å². The predicted octanol–water partition coefficient (Wildman–Crippen LogP) is 2.98. The molecule has 1 saturated heterocycles. The molecule has 0 saturated carbocycles. The Morgan fingerprint density at radius 3 is 3.12 bits per heavy atom. The number of halogens is 1. The van der Waals surface area contributed by atoms with Gasteiger partial charge < -0.3 is 5.32 Å². The van der Waals surface area contributed by atoms with Crippen LogP contribution in [0.3, 0.4) is 0 Å². The van der Waals surface area contributed by atoms with Crippen molar-refractivity contribution in [3.63, 3.8) is 0 Å². The lowest BCUT2D eigenvalue weighted by Gasteiger charge is -2.38. The van der Waals surface area contributed by atoms with Gasteiger partial charge in [0, 0.05) is 24.4 Å². The first-order valence-electron chi connectivity index (χ1n) is 6.48. The molecule has 3 heteroatoms. The standard InChI is InChI=1S/C14H21FN2/c1-3-5-14(15)6-8-16-10-13(14)12-4-7-17-11(2)9-12/h4,7,9,13,16H,3,5-6,8,10H2,1-2H3. The van der Waals surface area contributed by atoms with Crippen molar-refractivity contribution in [3.05, 3.63) is 29.6 Å². The van der Waals surface area contributed by atoms with Crippen molar-refractivity contribution in [2.24, 2.45) is 0 Å². The lowest BCUT2D eigenvalue weighted by molar-refractivity contribution is 0.0771. The summed E-state index contributed by atoms with van der Waals surface area (Å²) in [6, 6.07) is 3.97. The van der Waals surface area contributed by atoms with Gasteiger partial charge in [-0.1, -0.05) is 13.3 Å². The first-order valence-corrected chi connectivity index (χ1v) is 6.48. The third kappa shape index (κ3) is 2.65. The predicted molar refractivity (Wildman–Crippen MR) is 67.9 cm³/mol. The lowest BCUT2D eigenvalue weighted by atomic mass is 9.76. The summed E-state index contributed by atoms with van der Waals surface area (Å²) in [4.78, 5) is 4.19. The van der Waals surface area contributed by atoms with Crippen LogP contribution in [0.2, 0.25) is 0 Å². The Balaban J connectivity index is 2.27. The highest BCUT2D eigenvalue weighted by Gasteiger charge is 2.41. The Kier molecular flexibility index (Phi) is 3.77. The highest BCUT2D eigenvalue weighted by molar-refractivity contribution is 5.25. The van der Waals surface area contributed by atoms with Gasteiger partial charge in [0.15, 0.2) is 0 Å². The minimum absolute atomic E-state index is 0.0297. The van der Waals surface area contributed by atoms with E-state index < -0.39 is 5.67 Å². The van der Waals surface area contributed by atoms with E-state index in [0.29, 0.717) is 12.8 Å². The van der Waals surface area contributed by atoms with E-state index in [0.717, 1.165) is 30.8 Å². The number of hydrogen-bond donors (Lipinski definition) is 1. The Morgan fingerprint density at radius 1 is 1.59 bits per heavy atom. The zero-order valence-corrected chi connectivity index (χ0v) is 10.7. The first kappa shape index (κ1) is 12.5. The average molecular weight is 236 g/mol. The fourth-order valence-electron chi connectivity index (χ4n) is 2.82. The molecule has 0 spiro atoms. The van der Waals surface area contributed by atoms with Gasteiger partial charge in [-0.15, -0.1) is 0 Å². The summed E-state index contributed by atoms with van der Waals surface area (Å²) in [6.07, 6.45) is 3.95. The molecule has 1 aliphatic rings. The highest BCUT2D eigenvalue weighted by atomic mass is 19.1. The van der Waals surface area contributed by atoms with Crippen molar-refractivity contribution < 1.29 is 4.39 Å². The summed E-state index contributed by atoms with van der Waals surface area (Å²) in [5, 5.41) is 3.31. The summed E-state index contributed by atoms with van der Waals surface area (Å²) in [6.45, 7) is 5.54. The van der Waals surface area contributed by atoms with Crippen molar-refractivity contribution in [1.82, 2.24) is 10.3 Å². The summed E-state index contributed by atoms with van der Waals surface area (Å²) in [7, 11) is 0. The molecule has 0 radical (unpaired) electrons. The number of piperidine rings is 1. The maximum atomic E-state index is 15.0. The van der Waals surface area contributed by atoms with Gasteiger partial charge in [-0.25, -0.2) is 4.39 Å². The smallest absolute Gasteiger partial charge is 0.120 e. The van der Waals surface area contributed by atoms with Crippen LogP contribution in [0.5, 0.6) is 0 Å². The molecule has 1 fully saturated rings. The SMILES string of the molecule is CCCC1(F)CCNCC1c1ccnc(C)c1. The van der Waals surface area contributed by atoms with Gasteiger partial charge in [0.2, 0.25) is 0 Å². The molecule has 1 aromatic rings. The summed E-state index contributed by atoms with van der Waals surface area (Å²) in [5.41, 5.74) is 1.00. The van der Waals surface area contributed by atoms with E-state index in [2.05, 4.69) is 17.2 Å². The minimum Gasteiger partial charge on any atom is -0.316 e. The molecule has 0 amide bonds. The zero-order valence-electron chi connectivity index (χ0n) is 10.7. The number of nitrogens with zero attached hydrogens (tertiary/aromatic N) is 1. The van der Waals surface area contributed by atoms with E-state index >= 15 is 0 Å². The van der Waals surface area contributed by atoms with Crippen LogP contribution in [0.25, 0.3) is 0 Å². The van der Waals surface area contributed by atoms with Crippen LogP contribution in [-0.4, -0.2) is 23.7 Å². The van der Waals surface area contributed by atoms with Crippen molar-refractivity contribution >= 4 is 0 Å². The van der Waals surface area contributed by atoms with Crippen LogP contribution in [-0.2, 0) is 0 Å². The van der Waals surface area contributed by atoms with E-state index in [1.165, 1.54) is 0 Å². The summed E-state index contributed by atoms with van der Waals surface area (Å²) in [5.74, 6) is -0.0297. The van der Waals surface area contributed by atoms with E-state index in [9.17, 15) is 4.39 Å². The molecule has 1 N–H and O–H groups in total. The zero-order chi connectivity index (χ0) is 12.3. The molecule has 0 bridgehead atoms. The summed E-state index contributed by atoms with van der Waals surface area (Å²) < 4.78 is 15.0. The maximum absolute atomic E-state index is 15.0. The quantitative estimate of drug-likeness (QED) is 0.872. The van der Waals surface area contributed by atoms with Crippen molar-refractivity contribution in [1.29, 1.82) is 0 Å². The van der Waals surface area contributed by atoms with Crippen molar-refractivity contribution in [3.8, 4) is 0 Å². The summed E-state index contributed by atoms with van der Waals surface area (Å²) >= 11 is 0. The third-order valence-electron chi connectivity index (χ3n) is 3.68. The van der Waals surface area contributed by atoms with Crippen LogP contribution in [0, 0.1) is 6.92 Å². The second kappa shape index (κ2) is 5.13. The van der Waals surface area contributed by atoms with Crippen molar-refractivity contribution in [2.45, 2.75) is 44.7 Å². The number of pyridine rings is 1. The molecule has 2 unspecified atom stereocenters. The van der Waals surface area contributed by atoms with Gasteiger partial charge in [-0.3, -0.25) is 4.98 Å². The fraction of sp³-hybridized carbons (Fsp3) is 0.643. The van der Waals surface area contributed by atoms with Gasteiger partial charge in [0.1, 0.15) is 5.67 Å². The Bertz CT molecular complexity index is 376. The largest absolute Gasteiger partial charge is 0.316 e. The molecule has 0 aliphatic carbocycles. The molecule has 2 rings (SSSR count). The topological polar surface area (TPSA) is 24.9 Å². The molecule has 1 aliphatic heterocycles. The van der Waals surface area contributed by atoms with E-state index in [1.54, 1.807) is 6.20 Å². The van der Waals surface area contributed by atoms with Crippen LogP contribution >= 0.6 is 0 Å². The Hall–Kier alpha value is -0.960. The molecule has 17 heavy (non-hydrogen) atoms. The van der Waals surface area contributed by atoms with Gasteiger partial charge >= 0.3 is 0 Å². The molecule has 1 aromatic heterocycles. The molecule has 2 nitrogen and oxygen atoms in total. The van der Waals surface area contributed by atoms with Crippen LogP contribution in [0.1, 0.15) is 43.4 Å². The van der Waals surface area contributed by atoms with Gasteiger partial charge in [0.25, 0.3) is 0 Å². The normalized spacial score (nSPS) is 29.2. The highest BCUT2D eigenvalue weighted by Crippen LogP contribution is 2.40. The second-order valence-corrected chi connectivity index (χ2v) is 5.02. The average Bonchev–Trinajstić information content (AvgIpc) is 2.29. The first-order chi connectivity index (χ1) is 8.15. The maximum Gasteiger partial charge on any atom is 0.120 e. The Labute approximate surface area is 103 Å². The molecule has 0 aromatic carbocycles. The number of nitrogens with one attached hydrogen (secondary N) is 1. The third-order valence-corrected chi connectivity index (χ3v) is 3.68. The van der Waals surface area contributed by atoms with Crippen LogP contribution in [0.15, 0.2) is 18.3 Å². The lowest BCUT2D eigenvalue weighted by Crippen LogP contribution is -2.45. The van der Waals surface area contributed by atoms with Crippen LogP contribution in [0.4, 0.5) is 4.39 Å². The fourth-order valence-corrected chi connectivity index (χ4v) is 2.82. The molecule has 2 atom stereocenters. The molecule has 2 heterocycles. The second-order valence-electron chi connectivity index (χ2n) is 5.02. The van der Waals surface area contributed by atoms with Crippen LogP contribution < -0.4 is 5.32 Å². The molecular weight excluding hydrogens is 215 g/mol.